The van der Waals surface area contributed by atoms with Gasteiger partial charge in [-0.05, 0) is 37.8 Å². The van der Waals surface area contributed by atoms with Crippen molar-refractivity contribution in [2.45, 2.75) is 19.9 Å². The summed E-state index contributed by atoms with van der Waals surface area (Å²) in [7, 11) is 0. The number of ether oxygens (including phenoxy) is 1. The maximum atomic E-state index is 11.4. The fraction of sp³-hybridized carbons (Fsp3) is 0.462. The molecule has 1 amide bonds. The normalized spacial score (nSPS) is 11.9. The van der Waals surface area contributed by atoms with Gasteiger partial charge >= 0.3 is 0 Å². The average Bonchev–Trinajstić information content (AvgIpc) is 2.30. The molecular formula is C13H19NO2S. The van der Waals surface area contributed by atoms with Crippen LogP contribution in [0.15, 0.2) is 24.3 Å². The Morgan fingerprint density at radius 1 is 1.41 bits per heavy atom. The summed E-state index contributed by atoms with van der Waals surface area (Å²) in [6.45, 7) is 4.60. The second-order valence-electron chi connectivity index (χ2n) is 3.72. The second kappa shape index (κ2) is 7.22. The maximum absolute atomic E-state index is 11.4. The molecule has 1 rings (SSSR count). The van der Waals surface area contributed by atoms with Gasteiger partial charge in [0.2, 0.25) is 5.91 Å². The van der Waals surface area contributed by atoms with E-state index in [0.29, 0.717) is 12.4 Å². The molecule has 0 radical (unpaired) electrons. The van der Waals surface area contributed by atoms with Crippen LogP contribution in [0.2, 0.25) is 0 Å². The molecule has 0 aliphatic heterocycles. The molecule has 0 bridgehead atoms. The highest BCUT2D eigenvalue weighted by Gasteiger charge is 2.08. The third kappa shape index (κ3) is 4.69. The lowest BCUT2D eigenvalue weighted by atomic mass is 10.1. The van der Waals surface area contributed by atoms with E-state index in [1.807, 2.05) is 44.4 Å². The molecule has 4 heteroatoms. The fourth-order valence-electron chi connectivity index (χ4n) is 1.52. The highest BCUT2D eigenvalue weighted by Crippen LogP contribution is 2.17. The van der Waals surface area contributed by atoms with Crippen molar-refractivity contribution in [1.29, 1.82) is 0 Å². The van der Waals surface area contributed by atoms with Gasteiger partial charge in [-0.2, -0.15) is 11.8 Å². The van der Waals surface area contributed by atoms with Crippen molar-refractivity contribution in [2.24, 2.45) is 0 Å². The van der Waals surface area contributed by atoms with Gasteiger partial charge in [-0.1, -0.05) is 12.1 Å². The topological polar surface area (TPSA) is 38.3 Å². The summed E-state index contributed by atoms with van der Waals surface area (Å²) in [6.07, 6.45) is 1.92. The van der Waals surface area contributed by atoms with E-state index >= 15 is 0 Å². The molecule has 0 aromatic heterocycles. The third-order valence-electron chi connectivity index (χ3n) is 2.34. The highest BCUT2D eigenvalue weighted by molar-refractivity contribution is 7.99. The number of nitrogens with one attached hydrogen (secondary N) is 1. The lowest BCUT2D eigenvalue weighted by Crippen LogP contribution is -2.28. The minimum atomic E-state index is 0.0327. The van der Waals surface area contributed by atoms with Crippen molar-refractivity contribution >= 4 is 17.7 Å². The SMILES string of the molecule is CCOc1ccc(C(C)NC(=O)CSC)cc1. The Hall–Kier alpha value is -1.16. The van der Waals surface area contributed by atoms with Crippen LogP contribution in [0.3, 0.4) is 0 Å². The zero-order valence-corrected chi connectivity index (χ0v) is 11.3. The van der Waals surface area contributed by atoms with Crippen LogP contribution in [0.1, 0.15) is 25.5 Å². The van der Waals surface area contributed by atoms with Crippen molar-refractivity contribution in [2.75, 3.05) is 18.6 Å². The van der Waals surface area contributed by atoms with E-state index in [4.69, 9.17) is 4.74 Å². The van der Waals surface area contributed by atoms with Crippen molar-refractivity contribution in [3.63, 3.8) is 0 Å². The van der Waals surface area contributed by atoms with E-state index in [1.54, 1.807) is 0 Å². The largest absolute Gasteiger partial charge is 0.494 e. The zero-order valence-electron chi connectivity index (χ0n) is 10.5. The van der Waals surface area contributed by atoms with Crippen molar-refractivity contribution in [3.8, 4) is 5.75 Å². The van der Waals surface area contributed by atoms with Gasteiger partial charge in [-0.3, -0.25) is 4.79 Å². The van der Waals surface area contributed by atoms with Gasteiger partial charge in [0, 0.05) is 0 Å². The minimum absolute atomic E-state index is 0.0327. The number of amides is 1. The summed E-state index contributed by atoms with van der Waals surface area (Å²) in [4.78, 5) is 11.4. The van der Waals surface area contributed by atoms with Crippen molar-refractivity contribution in [1.82, 2.24) is 5.32 Å². The van der Waals surface area contributed by atoms with E-state index in [1.165, 1.54) is 11.8 Å². The summed E-state index contributed by atoms with van der Waals surface area (Å²) in [6, 6.07) is 7.85. The molecule has 17 heavy (non-hydrogen) atoms. The molecule has 1 atom stereocenters. The Kier molecular flexibility index (Phi) is 5.91. The van der Waals surface area contributed by atoms with Crippen LogP contribution < -0.4 is 10.1 Å². The summed E-state index contributed by atoms with van der Waals surface area (Å²) in [5, 5.41) is 2.95. The van der Waals surface area contributed by atoms with Gasteiger partial charge in [0.15, 0.2) is 0 Å². The standard InChI is InChI=1S/C13H19NO2S/c1-4-16-12-7-5-11(6-8-12)10(2)14-13(15)9-17-3/h5-8,10H,4,9H2,1-3H3,(H,14,15). The van der Waals surface area contributed by atoms with Gasteiger partial charge in [-0.25, -0.2) is 0 Å². The Morgan fingerprint density at radius 2 is 2.06 bits per heavy atom. The second-order valence-corrected chi connectivity index (χ2v) is 4.59. The van der Waals surface area contributed by atoms with Gasteiger partial charge < -0.3 is 10.1 Å². The molecular weight excluding hydrogens is 234 g/mol. The number of benzene rings is 1. The van der Waals surface area contributed by atoms with Gasteiger partial charge in [0.1, 0.15) is 5.75 Å². The fourth-order valence-corrected chi connectivity index (χ4v) is 1.86. The monoisotopic (exact) mass is 253 g/mol. The van der Waals surface area contributed by atoms with E-state index in [2.05, 4.69) is 5.32 Å². The predicted molar refractivity (Wildman–Crippen MR) is 72.6 cm³/mol. The molecule has 0 aliphatic rings. The molecule has 0 spiro atoms. The molecule has 1 N–H and O–H groups in total. The zero-order chi connectivity index (χ0) is 12.7. The van der Waals surface area contributed by atoms with Crippen LogP contribution in [-0.2, 0) is 4.79 Å². The first-order valence-corrected chi connectivity index (χ1v) is 7.07. The van der Waals surface area contributed by atoms with Crippen LogP contribution >= 0.6 is 11.8 Å². The molecule has 1 unspecified atom stereocenters. The highest BCUT2D eigenvalue weighted by atomic mass is 32.2. The first kappa shape index (κ1) is 13.9. The number of thioether (sulfide) groups is 1. The Balaban J connectivity index is 2.56. The lowest BCUT2D eigenvalue weighted by Gasteiger charge is -2.14. The maximum Gasteiger partial charge on any atom is 0.230 e. The van der Waals surface area contributed by atoms with Crippen LogP contribution in [-0.4, -0.2) is 24.5 Å². The average molecular weight is 253 g/mol. The van der Waals surface area contributed by atoms with Crippen LogP contribution in [0.5, 0.6) is 5.75 Å². The van der Waals surface area contributed by atoms with Crippen molar-refractivity contribution in [3.05, 3.63) is 29.8 Å². The van der Waals surface area contributed by atoms with Crippen LogP contribution in [0.4, 0.5) is 0 Å². The number of rotatable bonds is 6. The molecule has 1 aromatic carbocycles. The van der Waals surface area contributed by atoms with Crippen LogP contribution in [0.25, 0.3) is 0 Å². The predicted octanol–water partition coefficient (Wildman–Crippen LogP) is 2.63. The van der Waals surface area contributed by atoms with Gasteiger partial charge in [0.25, 0.3) is 0 Å². The summed E-state index contributed by atoms with van der Waals surface area (Å²) in [5.41, 5.74) is 1.09. The summed E-state index contributed by atoms with van der Waals surface area (Å²) < 4.78 is 5.37. The summed E-state index contributed by atoms with van der Waals surface area (Å²) >= 11 is 1.52. The number of carbonyl (C=O) groups excluding carboxylic acids is 1. The van der Waals surface area contributed by atoms with Crippen LogP contribution in [0, 0.1) is 0 Å². The molecule has 0 aliphatic carbocycles. The smallest absolute Gasteiger partial charge is 0.230 e. The first-order chi connectivity index (χ1) is 8.17. The number of hydrogen-bond acceptors (Lipinski definition) is 3. The molecule has 0 saturated heterocycles. The first-order valence-electron chi connectivity index (χ1n) is 5.68. The van der Waals surface area contributed by atoms with E-state index in [0.717, 1.165) is 11.3 Å². The Bertz CT molecular complexity index is 351. The van der Waals surface area contributed by atoms with Gasteiger partial charge in [-0.15, -0.1) is 0 Å². The van der Waals surface area contributed by atoms with E-state index < -0.39 is 0 Å². The molecule has 3 nitrogen and oxygen atoms in total. The molecule has 1 aromatic rings. The van der Waals surface area contributed by atoms with E-state index in [9.17, 15) is 4.79 Å². The number of hydrogen-bond donors (Lipinski definition) is 1. The quantitative estimate of drug-likeness (QED) is 0.847. The Labute approximate surface area is 107 Å². The molecule has 0 heterocycles. The molecule has 0 saturated carbocycles. The molecule has 0 fully saturated rings. The van der Waals surface area contributed by atoms with Gasteiger partial charge in [0.05, 0.1) is 18.4 Å². The minimum Gasteiger partial charge on any atom is -0.494 e. The lowest BCUT2D eigenvalue weighted by molar-refractivity contribution is -0.119. The molecule has 94 valence electrons. The Morgan fingerprint density at radius 3 is 2.59 bits per heavy atom. The number of carbonyl (C=O) groups is 1. The third-order valence-corrected chi connectivity index (χ3v) is 2.89. The summed E-state index contributed by atoms with van der Waals surface area (Å²) in [5.74, 6) is 1.43. The van der Waals surface area contributed by atoms with E-state index in [-0.39, 0.29) is 11.9 Å². The van der Waals surface area contributed by atoms with Crippen molar-refractivity contribution < 1.29 is 9.53 Å².